The number of rotatable bonds is 5. The van der Waals surface area contributed by atoms with E-state index in [1.165, 1.54) is 19.4 Å². The predicted octanol–water partition coefficient (Wildman–Crippen LogP) is 1.87. The summed E-state index contributed by atoms with van der Waals surface area (Å²) in [6.07, 6.45) is 2.15. The number of anilines is 1. The molecule has 0 aliphatic heterocycles. The number of halogens is 1. The van der Waals surface area contributed by atoms with E-state index in [2.05, 4.69) is 20.8 Å². The summed E-state index contributed by atoms with van der Waals surface area (Å²) < 4.78 is 18.6. The molecule has 1 aromatic carbocycles. The maximum Gasteiger partial charge on any atom is 0.245 e. The van der Waals surface area contributed by atoms with Gasteiger partial charge in [0.2, 0.25) is 17.7 Å². The second-order valence-corrected chi connectivity index (χ2v) is 5.01. The zero-order valence-corrected chi connectivity index (χ0v) is 11.9. The lowest BCUT2D eigenvalue weighted by Crippen LogP contribution is -2.32. The smallest absolute Gasteiger partial charge is 0.245 e. The van der Waals surface area contributed by atoms with Gasteiger partial charge < -0.3 is 4.74 Å². The summed E-state index contributed by atoms with van der Waals surface area (Å²) in [5, 5.41) is 0. The zero-order chi connectivity index (χ0) is 15.5. The third kappa shape index (κ3) is 2.98. The van der Waals surface area contributed by atoms with E-state index in [-0.39, 0.29) is 29.5 Å². The Bertz CT molecular complexity index is 695. The summed E-state index contributed by atoms with van der Waals surface area (Å²) in [6, 6.07) is 8.13. The highest BCUT2D eigenvalue weighted by molar-refractivity contribution is 5.83. The van der Waals surface area contributed by atoms with E-state index in [9.17, 15) is 9.18 Å². The Kier molecular flexibility index (Phi) is 3.86. The number of benzene rings is 1. The molecule has 2 atom stereocenters. The number of nitrogens with zero attached hydrogens (tertiary/aromatic N) is 2. The van der Waals surface area contributed by atoms with E-state index in [1.54, 1.807) is 24.3 Å². The molecule has 2 aromatic rings. The molecule has 1 aromatic heterocycles. The average Bonchev–Trinajstić information content (AvgIpc) is 3.34. The van der Waals surface area contributed by atoms with Gasteiger partial charge in [0.15, 0.2) is 0 Å². The number of nitrogens with one attached hydrogen (secondary N) is 2. The van der Waals surface area contributed by atoms with Crippen molar-refractivity contribution >= 4 is 11.9 Å². The number of ether oxygens (including phenoxy) is 1. The number of hydrogen-bond donors (Lipinski definition) is 2. The van der Waals surface area contributed by atoms with Gasteiger partial charge in [0.1, 0.15) is 5.82 Å². The fraction of sp³-hybridized carbons (Fsp3) is 0.267. The predicted molar refractivity (Wildman–Crippen MR) is 77.6 cm³/mol. The van der Waals surface area contributed by atoms with E-state index < -0.39 is 0 Å². The quantitative estimate of drug-likeness (QED) is 0.825. The maximum absolute atomic E-state index is 13.7. The lowest BCUT2D eigenvalue weighted by molar-refractivity contribution is -0.121. The molecule has 1 heterocycles. The minimum atomic E-state index is -0.271. The van der Waals surface area contributed by atoms with Gasteiger partial charge in [0, 0.05) is 18.2 Å². The van der Waals surface area contributed by atoms with Crippen LogP contribution >= 0.6 is 0 Å². The molecule has 6 nitrogen and oxygen atoms in total. The van der Waals surface area contributed by atoms with Gasteiger partial charge in [-0.05, 0) is 24.0 Å². The molecule has 0 spiro atoms. The van der Waals surface area contributed by atoms with E-state index >= 15 is 0 Å². The minimum Gasteiger partial charge on any atom is -0.481 e. The van der Waals surface area contributed by atoms with Crippen LogP contribution < -0.4 is 15.6 Å². The van der Waals surface area contributed by atoms with E-state index in [0.29, 0.717) is 17.9 Å². The fourth-order valence-electron chi connectivity index (χ4n) is 2.33. The molecular weight excluding hydrogens is 287 g/mol. The topological polar surface area (TPSA) is 76.1 Å². The summed E-state index contributed by atoms with van der Waals surface area (Å²) in [5.41, 5.74) is 5.75. The van der Waals surface area contributed by atoms with Crippen molar-refractivity contribution in [3.63, 3.8) is 0 Å². The van der Waals surface area contributed by atoms with Crippen molar-refractivity contribution in [1.82, 2.24) is 15.4 Å². The summed E-state index contributed by atoms with van der Waals surface area (Å²) in [6.45, 7) is 0. The van der Waals surface area contributed by atoms with E-state index in [0.717, 1.165) is 0 Å². The molecule has 1 aliphatic rings. The number of hydrogen-bond acceptors (Lipinski definition) is 5. The molecule has 0 saturated heterocycles. The number of aromatic nitrogens is 2. The van der Waals surface area contributed by atoms with Crippen molar-refractivity contribution in [3.8, 4) is 5.88 Å². The third-order valence-corrected chi connectivity index (χ3v) is 3.57. The first kappa shape index (κ1) is 14.2. The molecule has 3 rings (SSSR count). The Hall–Kier alpha value is -2.70. The Morgan fingerprint density at radius 2 is 2.18 bits per heavy atom. The summed E-state index contributed by atoms with van der Waals surface area (Å²) in [5.74, 6) is -0.172. The van der Waals surface area contributed by atoms with Crippen molar-refractivity contribution in [3.05, 3.63) is 47.9 Å². The molecule has 0 bridgehead atoms. The largest absolute Gasteiger partial charge is 0.481 e. The van der Waals surface area contributed by atoms with Crippen LogP contribution in [0.25, 0.3) is 0 Å². The lowest BCUT2D eigenvalue weighted by Gasteiger charge is -2.07. The Morgan fingerprint density at radius 3 is 2.95 bits per heavy atom. The second-order valence-electron chi connectivity index (χ2n) is 5.01. The second kappa shape index (κ2) is 5.97. The number of carbonyl (C=O) groups is 1. The molecule has 0 radical (unpaired) electrons. The first-order valence-electron chi connectivity index (χ1n) is 6.86. The highest BCUT2D eigenvalue weighted by atomic mass is 19.1. The third-order valence-electron chi connectivity index (χ3n) is 3.57. The van der Waals surface area contributed by atoms with Crippen LogP contribution in [0.3, 0.4) is 0 Å². The molecule has 2 N–H and O–H groups in total. The number of carbonyl (C=O) groups excluding carboxylic acids is 1. The molecule has 0 unspecified atom stereocenters. The van der Waals surface area contributed by atoms with Crippen molar-refractivity contribution < 1.29 is 13.9 Å². The molecule has 1 amide bonds. The summed E-state index contributed by atoms with van der Waals surface area (Å²) in [7, 11) is 1.49. The Balaban J connectivity index is 1.57. The molecule has 1 aliphatic carbocycles. The SMILES string of the molecule is COc1ccnc(NNC(=O)[C@H]2C[C@H]2c2ccccc2F)n1. The van der Waals surface area contributed by atoms with Crippen LogP contribution in [0.2, 0.25) is 0 Å². The van der Waals surface area contributed by atoms with Crippen molar-refractivity contribution in [2.45, 2.75) is 12.3 Å². The van der Waals surface area contributed by atoms with Gasteiger partial charge in [-0.25, -0.2) is 9.37 Å². The van der Waals surface area contributed by atoms with Crippen LogP contribution in [0.4, 0.5) is 10.3 Å². The highest BCUT2D eigenvalue weighted by Gasteiger charge is 2.45. The number of methoxy groups -OCH3 is 1. The highest BCUT2D eigenvalue weighted by Crippen LogP contribution is 2.48. The van der Waals surface area contributed by atoms with Crippen LogP contribution in [0.15, 0.2) is 36.5 Å². The van der Waals surface area contributed by atoms with Crippen LogP contribution in [0.1, 0.15) is 17.9 Å². The van der Waals surface area contributed by atoms with Crippen LogP contribution in [0, 0.1) is 11.7 Å². The number of amides is 1. The standard InChI is InChI=1S/C15H15FN4O2/c1-22-13-6-7-17-15(18-13)20-19-14(21)11-8-10(11)9-4-2-3-5-12(9)16/h2-7,10-11H,8H2,1H3,(H,19,21)(H,17,18,20)/t10-,11-/m0/s1. The van der Waals surface area contributed by atoms with Gasteiger partial charge >= 0.3 is 0 Å². The van der Waals surface area contributed by atoms with E-state index in [4.69, 9.17) is 4.74 Å². The van der Waals surface area contributed by atoms with Crippen molar-refractivity contribution in [2.75, 3.05) is 12.5 Å². The lowest BCUT2D eigenvalue weighted by atomic mass is 10.1. The summed E-state index contributed by atoms with van der Waals surface area (Å²) in [4.78, 5) is 20.0. The molecule has 1 saturated carbocycles. The molecular formula is C15H15FN4O2. The monoisotopic (exact) mass is 302 g/mol. The Labute approximate surface area is 126 Å². The van der Waals surface area contributed by atoms with Gasteiger partial charge in [-0.3, -0.25) is 15.6 Å². The van der Waals surface area contributed by atoms with Gasteiger partial charge in [-0.1, -0.05) is 18.2 Å². The first-order valence-corrected chi connectivity index (χ1v) is 6.86. The van der Waals surface area contributed by atoms with Crippen LogP contribution in [0.5, 0.6) is 5.88 Å². The molecule has 114 valence electrons. The first-order chi connectivity index (χ1) is 10.7. The van der Waals surface area contributed by atoms with Crippen molar-refractivity contribution in [2.24, 2.45) is 5.92 Å². The zero-order valence-electron chi connectivity index (χ0n) is 11.9. The molecule has 7 heteroatoms. The van der Waals surface area contributed by atoms with Crippen LogP contribution in [-0.2, 0) is 4.79 Å². The van der Waals surface area contributed by atoms with E-state index in [1.807, 2.05) is 0 Å². The average molecular weight is 302 g/mol. The minimum absolute atomic E-state index is 0.0748. The molecule has 1 fully saturated rings. The van der Waals surface area contributed by atoms with Gasteiger partial charge in [-0.15, -0.1) is 0 Å². The normalized spacial score (nSPS) is 19.4. The van der Waals surface area contributed by atoms with Gasteiger partial charge in [0.25, 0.3) is 0 Å². The van der Waals surface area contributed by atoms with Crippen LogP contribution in [-0.4, -0.2) is 23.0 Å². The van der Waals surface area contributed by atoms with Gasteiger partial charge in [0.05, 0.1) is 7.11 Å². The maximum atomic E-state index is 13.7. The van der Waals surface area contributed by atoms with Gasteiger partial charge in [-0.2, -0.15) is 4.98 Å². The summed E-state index contributed by atoms with van der Waals surface area (Å²) >= 11 is 0. The fourth-order valence-corrected chi connectivity index (χ4v) is 2.33. The van der Waals surface area contributed by atoms with Crippen molar-refractivity contribution in [1.29, 1.82) is 0 Å². The molecule has 22 heavy (non-hydrogen) atoms. The number of hydrazine groups is 1. The Morgan fingerprint density at radius 1 is 1.36 bits per heavy atom.